The van der Waals surface area contributed by atoms with Gasteiger partial charge in [0.05, 0.1) is 57.0 Å². The van der Waals surface area contributed by atoms with Crippen molar-refractivity contribution in [2.75, 3.05) is 62.7 Å². The fourth-order valence-electron chi connectivity index (χ4n) is 8.25. The number of aromatic nitrogens is 6. The number of aliphatic hydroxyl groups excluding tert-OH is 6. The molecular formula is C39H60N6O24S6. The van der Waals surface area contributed by atoms with E-state index in [0.29, 0.717) is 16.3 Å². The molecule has 36 heteroatoms. The molecule has 8 unspecified atom stereocenters. The largest absolute Gasteiger partial charge is 0.481 e. The lowest BCUT2D eigenvalue weighted by Gasteiger charge is -2.53. The van der Waals surface area contributed by atoms with E-state index >= 15 is 0 Å². The molecule has 0 bridgehead atoms. The van der Waals surface area contributed by atoms with Gasteiger partial charge in [-0.15, -0.1) is 11.8 Å². The van der Waals surface area contributed by atoms with Crippen molar-refractivity contribution in [3.8, 4) is 0 Å². The molecule has 0 fully saturated rings. The van der Waals surface area contributed by atoms with Crippen LogP contribution in [-0.4, -0.2) is 215 Å². The molecule has 2 aromatic heterocycles. The van der Waals surface area contributed by atoms with Crippen molar-refractivity contribution in [3.05, 3.63) is 62.9 Å². The summed E-state index contributed by atoms with van der Waals surface area (Å²) in [7, 11) is 0. The minimum Gasteiger partial charge on any atom is -0.481 e. The van der Waals surface area contributed by atoms with Crippen LogP contribution in [0, 0.1) is 16.7 Å². The predicted octanol–water partition coefficient (Wildman–Crippen LogP) is -4.48. The molecule has 0 radical (unpaired) electrons. The number of carboxylic acids is 6. The lowest BCUT2D eigenvalue weighted by Crippen LogP contribution is -2.69. The van der Waals surface area contributed by atoms with E-state index in [1.165, 1.54) is 0 Å². The molecule has 2 aromatic rings. The van der Waals surface area contributed by atoms with E-state index in [0.717, 1.165) is 35.3 Å². The Hall–Kier alpha value is -4.50. The van der Waals surface area contributed by atoms with Crippen LogP contribution < -0.4 is 34.1 Å². The Morgan fingerprint density at radius 3 is 1.33 bits per heavy atom. The third kappa shape index (κ3) is 18.6. The molecule has 0 saturated heterocycles. The number of aliphatic carboxylic acids is 6. The molecule has 0 aromatic carbocycles. The van der Waals surface area contributed by atoms with Gasteiger partial charge in [-0.3, -0.25) is 48.7 Å². The zero-order chi connectivity index (χ0) is 57.4. The molecule has 8 atom stereocenters. The Morgan fingerprint density at radius 1 is 0.547 bits per heavy atom. The van der Waals surface area contributed by atoms with E-state index in [1.807, 2.05) is 9.97 Å². The van der Waals surface area contributed by atoms with Gasteiger partial charge in [-0.25, -0.2) is 37.9 Å². The van der Waals surface area contributed by atoms with Crippen LogP contribution in [0.15, 0.2) is 28.8 Å². The zero-order valence-electron chi connectivity index (χ0n) is 39.4. The standard InChI is InChI=1S/C21H33N3O12S3.C18H27N3O12S3/c25-1-4-37-12(7-15(28)29)9-21(17(32)33,10-13(8-16(30)31)38-5-2-26)14(39-6-3-27)11-24-19(35)22-18(34)23-20(24)36;22-3-1-8(12(27)28)11(35)18(13(29)30,9(34)7-10(25)26)17(2-4-23,36-6-5-24)21-15(32)19-14(31)20-16(21)33/h12-14,25-27H,1-11H2,(H,28,29)(H,30,31)(H,32,33)(H2,22,23,34,35,36);8-9,11,22-24,34-35H,1-7H2,(H,25,26)(H,27,28)(H,29,30)(H2,19,20,31,32,33). The molecule has 30 nitrogen and oxygen atoms in total. The average molecular weight is 1190 g/mol. The number of thioether (sulfide) groups is 4. The maximum absolute atomic E-state index is 13.2. The molecule has 2 rings (SSSR count). The highest BCUT2D eigenvalue weighted by atomic mass is 32.2. The van der Waals surface area contributed by atoms with Crippen molar-refractivity contribution >= 4 is 108 Å². The molecule has 2 heterocycles. The number of thiol groups is 2. The van der Waals surface area contributed by atoms with Gasteiger partial charge < -0.3 is 61.3 Å². The summed E-state index contributed by atoms with van der Waals surface area (Å²) in [6.45, 7) is -3.96. The van der Waals surface area contributed by atoms with Gasteiger partial charge in [-0.2, -0.15) is 60.5 Å². The summed E-state index contributed by atoms with van der Waals surface area (Å²) in [5.74, 6) is -11.2. The summed E-state index contributed by atoms with van der Waals surface area (Å²) < 4.78 is 0.805. The second-order valence-corrected chi connectivity index (χ2v) is 22.6. The van der Waals surface area contributed by atoms with Gasteiger partial charge in [-0.05, 0) is 19.3 Å². The molecule has 0 amide bonds. The first-order valence-electron chi connectivity index (χ1n) is 21.9. The number of carbonyl (C=O) groups is 6. The van der Waals surface area contributed by atoms with Crippen LogP contribution in [0.1, 0.15) is 44.9 Å². The Balaban J connectivity index is 0.000000752. The Morgan fingerprint density at radius 2 is 0.973 bits per heavy atom. The molecule has 0 spiro atoms. The maximum Gasteiger partial charge on any atom is 0.334 e. The van der Waals surface area contributed by atoms with Gasteiger partial charge in [0.15, 0.2) is 0 Å². The molecular weight excluding hydrogens is 1130 g/mol. The Labute approximate surface area is 450 Å². The second-order valence-electron chi connectivity index (χ2n) is 15.9. The van der Waals surface area contributed by atoms with Crippen molar-refractivity contribution in [2.45, 2.75) is 82.6 Å². The van der Waals surface area contributed by atoms with E-state index in [2.05, 4.69) is 25.3 Å². The van der Waals surface area contributed by atoms with Crippen LogP contribution in [0.25, 0.3) is 0 Å². The van der Waals surface area contributed by atoms with Crippen LogP contribution in [0.5, 0.6) is 0 Å². The van der Waals surface area contributed by atoms with Crippen molar-refractivity contribution < 1.29 is 90.0 Å². The van der Waals surface area contributed by atoms with Gasteiger partial charge in [-0.1, -0.05) is 0 Å². The number of rotatable bonds is 37. The van der Waals surface area contributed by atoms with E-state index in [-0.39, 0.29) is 47.9 Å². The highest BCUT2D eigenvalue weighted by Gasteiger charge is 2.68. The third-order valence-electron chi connectivity index (χ3n) is 11.2. The number of aromatic amines is 4. The summed E-state index contributed by atoms with van der Waals surface area (Å²) >= 11 is 11.8. The minimum atomic E-state index is -2.87. The normalized spacial score (nSPS) is 16.3. The van der Waals surface area contributed by atoms with Gasteiger partial charge in [0.2, 0.25) is 0 Å². The molecule has 0 aliphatic rings. The maximum atomic E-state index is 13.2. The number of carboxylic acid groups (broad SMARTS) is 6. The first-order chi connectivity index (χ1) is 35.2. The number of nitrogens with one attached hydrogen (secondary N) is 4. The lowest BCUT2D eigenvalue weighted by molar-refractivity contribution is -0.158. The summed E-state index contributed by atoms with van der Waals surface area (Å²) in [4.78, 5) is 152. The van der Waals surface area contributed by atoms with Crippen molar-refractivity contribution in [1.82, 2.24) is 29.1 Å². The number of hydrogen-bond acceptors (Lipinski definition) is 24. The quantitative estimate of drug-likeness (QED) is 0.0284. The molecule has 75 heavy (non-hydrogen) atoms. The number of nitrogens with zero attached hydrogens (tertiary/aromatic N) is 2. The van der Waals surface area contributed by atoms with Crippen LogP contribution in [0.3, 0.4) is 0 Å². The molecule has 16 N–H and O–H groups in total. The van der Waals surface area contributed by atoms with Gasteiger partial charge in [0.1, 0.15) is 10.3 Å². The first-order valence-corrected chi connectivity index (χ1v) is 27.1. The van der Waals surface area contributed by atoms with Crippen molar-refractivity contribution in [3.63, 3.8) is 0 Å². The Bertz CT molecular complexity index is 2490. The zero-order valence-corrected chi connectivity index (χ0v) is 44.4. The Kier molecular flexibility index (Phi) is 30.1. The van der Waals surface area contributed by atoms with Crippen LogP contribution in [0.2, 0.25) is 0 Å². The number of H-pyrrole nitrogens is 4. The highest BCUT2D eigenvalue weighted by Crippen LogP contribution is 2.58. The molecule has 0 aliphatic heterocycles. The van der Waals surface area contributed by atoms with Gasteiger partial charge in [0.25, 0.3) is 0 Å². The first kappa shape index (κ1) is 68.5. The average Bonchev–Trinajstić information content (AvgIpc) is 3.29. The summed E-state index contributed by atoms with van der Waals surface area (Å²) in [6, 6.07) is 0. The lowest BCUT2D eigenvalue weighted by atomic mass is 9.67. The molecule has 426 valence electrons. The topological polar surface area (TPSA) is 521 Å². The van der Waals surface area contributed by atoms with Gasteiger partial charge in [0, 0.05) is 75.4 Å². The highest BCUT2D eigenvalue weighted by molar-refractivity contribution is 8.00. The summed E-state index contributed by atoms with van der Waals surface area (Å²) in [6.07, 6.45) is -4.10. The van der Waals surface area contributed by atoms with Crippen LogP contribution in [-0.2, 0) is 40.2 Å². The number of hydrogen-bond donors (Lipinski definition) is 18. The SMILES string of the molecule is O=C(O)CC(CC(CC(CC(=O)O)SCCO)(C(=O)O)C(Cn1c(=O)[nH]c(=O)[nH]c1=O)SCCO)SCCO.O=C(O)CC(S)C(C(=O)O)(C(S)C(CCO)C(=O)O)C(CCO)(SCCO)n1c(=O)[nH]c(=O)[nH]c1=O. The second kappa shape index (κ2) is 32.9. The van der Waals surface area contributed by atoms with Crippen LogP contribution in [0.4, 0.5) is 0 Å². The van der Waals surface area contributed by atoms with Gasteiger partial charge >= 0.3 is 70.0 Å². The molecule has 0 saturated carbocycles. The van der Waals surface area contributed by atoms with E-state index in [4.69, 9.17) is 0 Å². The summed E-state index contributed by atoms with van der Waals surface area (Å²) in [5, 5.41) is 110. The smallest absolute Gasteiger partial charge is 0.334 e. The van der Waals surface area contributed by atoms with E-state index in [1.54, 1.807) is 9.97 Å². The summed E-state index contributed by atoms with van der Waals surface area (Å²) in [5.41, 5.74) is -12.3. The third-order valence-corrected chi connectivity index (χ3v) is 18.0. The monoisotopic (exact) mass is 1190 g/mol. The fraction of sp³-hybridized carbons (Fsp3) is 0.692. The van der Waals surface area contributed by atoms with Crippen LogP contribution >= 0.6 is 72.3 Å². The minimum absolute atomic E-state index is 0.0452. The van der Waals surface area contributed by atoms with E-state index < -0.39 is 189 Å². The van der Waals surface area contributed by atoms with Crippen molar-refractivity contribution in [1.29, 1.82) is 0 Å². The fourth-order valence-corrected chi connectivity index (χ4v) is 15.0. The number of aliphatic hydroxyl groups is 6. The molecule has 0 aliphatic carbocycles. The predicted molar refractivity (Wildman–Crippen MR) is 278 cm³/mol. The van der Waals surface area contributed by atoms with E-state index in [9.17, 15) is 119 Å². The van der Waals surface area contributed by atoms with Crippen molar-refractivity contribution in [2.24, 2.45) is 16.7 Å².